The number of hydrogen-bond donors (Lipinski definition) is 1. The third-order valence-electron chi connectivity index (χ3n) is 3.83. The lowest BCUT2D eigenvalue weighted by Gasteiger charge is -2.36. The standard InChI is InChI=1S/C15H23BrN2O/c1-4-13-10-18(7-8-19-13)15-9-12(16)5-6-14(15)11(2)17-3/h5-6,9,11,13,17H,4,7-8,10H2,1-3H3. The first-order valence-electron chi connectivity index (χ1n) is 6.99. The first-order valence-corrected chi connectivity index (χ1v) is 7.78. The van der Waals surface area contributed by atoms with E-state index in [1.165, 1.54) is 11.3 Å². The fourth-order valence-corrected chi connectivity index (χ4v) is 2.85. The van der Waals surface area contributed by atoms with Gasteiger partial charge in [0, 0.05) is 29.3 Å². The van der Waals surface area contributed by atoms with Crippen molar-refractivity contribution in [3.05, 3.63) is 28.2 Å². The van der Waals surface area contributed by atoms with Crippen molar-refractivity contribution in [1.82, 2.24) is 5.32 Å². The fraction of sp³-hybridized carbons (Fsp3) is 0.600. The van der Waals surface area contributed by atoms with Crippen LogP contribution in [-0.2, 0) is 4.74 Å². The maximum atomic E-state index is 5.77. The Kier molecular flexibility index (Phi) is 5.25. The Morgan fingerprint density at radius 1 is 1.53 bits per heavy atom. The monoisotopic (exact) mass is 326 g/mol. The molecule has 1 aliphatic rings. The van der Waals surface area contributed by atoms with Gasteiger partial charge >= 0.3 is 0 Å². The second-order valence-corrected chi connectivity index (χ2v) is 5.98. The van der Waals surface area contributed by atoms with Crippen LogP contribution in [-0.4, -0.2) is 32.8 Å². The molecule has 4 heteroatoms. The summed E-state index contributed by atoms with van der Waals surface area (Å²) < 4.78 is 6.90. The predicted molar refractivity (Wildman–Crippen MR) is 83.9 cm³/mol. The maximum absolute atomic E-state index is 5.77. The van der Waals surface area contributed by atoms with Gasteiger partial charge in [0.1, 0.15) is 0 Å². The van der Waals surface area contributed by atoms with Crippen molar-refractivity contribution in [3.8, 4) is 0 Å². The largest absolute Gasteiger partial charge is 0.375 e. The molecule has 2 atom stereocenters. The molecule has 0 amide bonds. The predicted octanol–water partition coefficient (Wildman–Crippen LogP) is 3.34. The van der Waals surface area contributed by atoms with Gasteiger partial charge in [-0.1, -0.05) is 28.9 Å². The number of hydrogen-bond acceptors (Lipinski definition) is 3. The minimum Gasteiger partial charge on any atom is -0.375 e. The van der Waals surface area contributed by atoms with E-state index in [2.05, 4.69) is 58.2 Å². The molecule has 106 valence electrons. The summed E-state index contributed by atoms with van der Waals surface area (Å²) in [5.41, 5.74) is 2.67. The lowest BCUT2D eigenvalue weighted by molar-refractivity contribution is 0.0383. The number of nitrogens with one attached hydrogen (secondary N) is 1. The summed E-state index contributed by atoms with van der Waals surface area (Å²) in [6, 6.07) is 6.90. The van der Waals surface area contributed by atoms with Crippen molar-refractivity contribution in [1.29, 1.82) is 0 Å². The topological polar surface area (TPSA) is 24.5 Å². The van der Waals surface area contributed by atoms with Crippen LogP contribution >= 0.6 is 15.9 Å². The van der Waals surface area contributed by atoms with E-state index in [-0.39, 0.29) is 0 Å². The van der Waals surface area contributed by atoms with Crippen LogP contribution in [0.4, 0.5) is 5.69 Å². The molecule has 0 saturated carbocycles. The average Bonchev–Trinajstić information content (AvgIpc) is 2.46. The summed E-state index contributed by atoms with van der Waals surface area (Å²) >= 11 is 3.59. The average molecular weight is 327 g/mol. The zero-order valence-corrected chi connectivity index (χ0v) is 13.5. The molecule has 0 aromatic heterocycles. The molecule has 19 heavy (non-hydrogen) atoms. The highest BCUT2D eigenvalue weighted by Crippen LogP contribution is 2.31. The Balaban J connectivity index is 2.28. The number of anilines is 1. The minimum atomic E-state index is 0.352. The van der Waals surface area contributed by atoms with Gasteiger partial charge in [-0.25, -0.2) is 0 Å². The number of benzene rings is 1. The van der Waals surface area contributed by atoms with Crippen LogP contribution in [0.15, 0.2) is 22.7 Å². The van der Waals surface area contributed by atoms with E-state index in [1.807, 2.05) is 7.05 Å². The van der Waals surface area contributed by atoms with Crippen LogP contribution in [0.3, 0.4) is 0 Å². The molecule has 2 unspecified atom stereocenters. The van der Waals surface area contributed by atoms with E-state index in [1.54, 1.807) is 0 Å². The number of halogens is 1. The van der Waals surface area contributed by atoms with Gasteiger partial charge in [-0.3, -0.25) is 0 Å². The van der Waals surface area contributed by atoms with Gasteiger partial charge in [-0.05, 0) is 38.1 Å². The SMILES string of the molecule is CCC1CN(c2cc(Br)ccc2C(C)NC)CCO1. The number of nitrogens with zero attached hydrogens (tertiary/aromatic N) is 1. The summed E-state index contributed by atoms with van der Waals surface area (Å²) in [7, 11) is 2.00. The Morgan fingerprint density at radius 2 is 2.32 bits per heavy atom. The van der Waals surface area contributed by atoms with Gasteiger partial charge in [-0.2, -0.15) is 0 Å². The first-order chi connectivity index (χ1) is 9.15. The van der Waals surface area contributed by atoms with E-state index < -0.39 is 0 Å². The second kappa shape index (κ2) is 6.73. The first kappa shape index (κ1) is 14.8. The van der Waals surface area contributed by atoms with Crippen LogP contribution in [0.25, 0.3) is 0 Å². The number of morpholine rings is 1. The lowest BCUT2D eigenvalue weighted by atomic mass is 10.0. The summed E-state index contributed by atoms with van der Waals surface area (Å²) in [6.45, 7) is 7.15. The van der Waals surface area contributed by atoms with E-state index in [0.717, 1.165) is 30.6 Å². The van der Waals surface area contributed by atoms with Crippen molar-refractivity contribution < 1.29 is 4.74 Å². The number of ether oxygens (including phenoxy) is 1. The van der Waals surface area contributed by atoms with Gasteiger partial charge in [0.15, 0.2) is 0 Å². The molecule has 1 aromatic carbocycles. The van der Waals surface area contributed by atoms with E-state index >= 15 is 0 Å². The van der Waals surface area contributed by atoms with Crippen LogP contribution in [0, 0.1) is 0 Å². The van der Waals surface area contributed by atoms with E-state index in [9.17, 15) is 0 Å². The second-order valence-electron chi connectivity index (χ2n) is 5.06. The summed E-state index contributed by atoms with van der Waals surface area (Å²) in [4.78, 5) is 2.45. The molecule has 0 radical (unpaired) electrons. The summed E-state index contributed by atoms with van der Waals surface area (Å²) in [6.07, 6.45) is 1.42. The molecular formula is C15H23BrN2O. The normalized spacial score (nSPS) is 21.5. The van der Waals surface area contributed by atoms with Crippen molar-refractivity contribution in [3.63, 3.8) is 0 Å². The smallest absolute Gasteiger partial charge is 0.0748 e. The number of rotatable bonds is 4. The molecule has 1 heterocycles. The fourth-order valence-electron chi connectivity index (χ4n) is 2.50. The molecule has 1 aliphatic heterocycles. The zero-order valence-electron chi connectivity index (χ0n) is 11.9. The van der Waals surface area contributed by atoms with Gasteiger partial charge < -0.3 is 15.0 Å². The van der Waals surface area contributed by atoms with Crippen LogP contribution in [0.2, 0.25) is 0 Å². The van der Waals surface area contributed by atoms with Crippen molar-refractivity contribution in [2.45, 2.75) is 32.4 Å². The molecule has 2 rings (SSSR count). The maximum Gasteiger partial charge on any atom is 0.0748 e. The Hall–Kier alpha value is -0.580. The quantitative estimate of drug-likeness (QED) is 0.918. The van der Waals surface area contributed by atoms with E-state index in [4.69, 9.17) is 4.74 Å². The highest BCUT2D eigenvalue weighted by atomic mass is 79.9. The summed E-state index contributed by atoms with van der Waals surface area (Å²) in [5, 5.41) is 3.33. The molecule has 3 nitrogen and oxygen atoms in total. The van der Waals surface area contributed by atoms with Crippen molar-refractivity contribution >= 4 is 21.6 Å². The van der Waals surface area contributed by atoms with E-state index in [0.29, 0.717) is 12.1 Å². The van der Waals surface area contributed by atoms with Gasteiger partial charge in [0.05, 0.1) is 12.7 Å². The molecule has 1 N–H and O–H groups in total. The Bertz CT molecular complexity index is 425. The van der Waals surface area contributed by atoms with Crippen LogP contribution in [0.1, 0.15) is 31.9 Å². The molecule has 1 aromatic rings. The highest BCUT2D eigenvalue weighted by molar-refractivity contribution is 9.10. The van der Waals surface area contributed by atoms with Crippen molar-refractivity contribution in [2.24, 2.45) is 0 Å². The molecule has 0 bridgehead atoms. The zero-order chi connectivity index (χ0) is 13.8. The molecule has 0 aliphatic carbocycles. The van der Waals surface area contributed by atoms with Gasteiger partial charge in [0.25, 0.3) is 0 Å². The van der Waals surface area contributed by atoms with Crippen molar-refractivity contribution in [2.75, 3.05) is 31.6 Å². The molecule has 1 fully saturated rings. The van der Waals surface area contributed by atoms with Crippen LogP contribution in [0.5, 0.6) is 0 Å². The molecular weight excluding hydrogens is 304 g/mol. The van der Waals surface area contributed by atoms with Crippen LogP contribution < -0.4 is 10.2 Å². The van der Waals surface area contributed by atoms with Gasteiger partial charge in [-0.15, -0.1) is 0 Å². The minimum absolute atomic E-state index is 0.352. The highest BCUT2D eigenvalue weighted by Gasteiger charge is 2.22. The lowest BCUT2D eigenvalue weighted by Crippen LogP contribution is -2.42. The third kappa shape index (κ3) is 3.50. The Labute approximate surface area is 124 Å². The summed E-state index contributed by atoms with van der Waals surface area (Å²) in [5.74, 6) is 0. The van der Waals surface area contributed by atoms with Gasteiger partial charge in [0.2, 0.25) is 0 Å². The molecule has 0 spiro atoms. The molecule has 1 saturated heterocycles. The third-order valence-corrected chi connectivity index (χ3v) is 4.32. The Morgan fingerprint density at radius 3 is 3.00 bits per heavy atom.